The Bertz CT molecular complexity index is 1420. The zero-order chi connectivity index (χ0) is 55.7. The molecule has 0 bridgehead atoms. The van der Waals surface area contributed by atoms with Gasteiger partial charge in [0.25, 0.3) is 0 Å². The van der Waals surface area contributed by atoms with Crippen molar-refractivity contribution in [3.8, 4) is 0 Å². The van der Waals surface area contributed by atoms with Crippen LogP contribution in [0.4, 0.5) is 0 Å². The van der Waals surface area contributed by atoms with Crippen molar-refractivity contribution in [1.82, 2.24) is 0 Å². The Morgan fingerprint density at radius 1 is 0.273 bits per heavy atom. The molecule has 0 aliphatic heterocycles. The number of unbranched alkanes of at least 4 members (excludes halogenated alkanes) is 38. The van der Waals surface area contributed by atoms with Crippen molar-refractivity contribution in [3.05, 3.63) is 72.9 Å². The quantitative estimate of drug-likeness (QED) is 0.0261. The smallest absolute Gasteiger partial charge is 0.306 e. The van der Waals surface area contributed by atoms with Gasteiger partial charge in [-0.25, -0.2) is 0 Å². The van der Waals surface area contributed by atoms with Gasteiger partial charge in [0.15, 0.2) is 6.10 Å². The highest BCUT2D eigenvalue weighted by Gasteiger charge is 2.19. The molecule has 0 saturated heterocycles. The molecule has 0 aromatic heterocycles. The van der Waals surface area contributed by atoms with Gasteiger partial charge in [-0.15, -0.1) is 0 Å². The van der Waals surface area contributed by atoms with E-state index in [2.05, 4.69) is 93.7 Å². The maximum Gasteiger partial charge on any atom is 0.306 e. The summed E-state index contributed by atoms with van der Waals surface area (Å²) in [6.45, 7) is 6.54. The highest BCUT2D eigenvalue weighted by atomic mass is 16.6. The van der Waals surface area contributed by atoms with Crippen molar-refractivity contribution in [1.29, 1.82) is 0 Å². The van der Waals surface area contributed by atoms with Crippen LogP contribution in [0.15, 0.2) is 72.9 Å². The first-order valence-corrected chi connectivity index (χ1v) is 33.4. The lowest BCUT2D eigenvalue weighted by Gasteiger charge is -2.18. The van der Waals surface area contributed by atoms with Crippen LogP contribution in [0.25, 0.3) is 0 Å². The van der Waals surface area contributed by atoms with Crippen LogP contribution in [0.5, 0.6) is 0 Å². The first-order chi connectivity index (χ1) is 38.0. The Morgan fingerprint density at radius 2 is 0.506 bits per heavy atom. The molecule has 0 radical (unpaired) electrons. The Hall–Kier alpha value is -3.15. The lowest BCUT2D eigenvalue weighted by Crippen LogP contribution is -2.30. The Morgan fingerprint density at radius 3 is 0.818 bits per heavy atom. The first-order valence-electron chi connectivity index (χ1n) is 33.4. The van der Waals surface area contributed by atoms with Crippen LogP contribution < -0.4 is 0 Å². The molecule has 0 aliphatic carbocycles. The topological polar surface area (TPSA) is 78.9 Å². The maximum atomic E-state index is 12.9. The minimum atomic E-state index is -0.780. The van der Waals surface area contributed by atoms with Gasteiger partial charge in [0, 0.05) is 19.3 Å². The van der Waals surface area contributed by atoms with Crippen molar-refractivity contribution in [2.75, 3.05) is 13.2 Å². The molecule has 77 heavy (non-hydrogen) atoms. The first kappa shape index (κ1) is 73.8. The second-order valence-corrected chi connectivity index (χ2v) is 22.3. The van der Waals surface area contributed by atoms with Crippen LogP contribution in [-0.4, -0.2) is 37.2 Å². The summed E-state index contributed by atoms with van der Waals surface area (Å²) < 4.78 is 16.9. The van der Waals surface area contributed by atoms with Crippen molar-refractivity contribution in [2.45, 2.75) is 348 Å². The van der Waals surface area contributed by atoms with Gasteiger partial charge < -0.3 is 14.2 Å². The Balaban J connectivity index is 4.22. The normalized spacial score (nSPS) is 12.5. The molecule has 0 N–H and O–H groups in total. The molecule has 0 aromatic rings. The number of carbonyl (C=O) groups is 3. The summed E-state index contributed by atoms with van der Waals surface area (Å²) in [7, 11) is 0. The molecule has 6 heteroatoms. The molecule has 446 valence electrons. The van der Waals surface area contributed by atoms with E-state index in [1.54, 1.807) is 0 Å². The van der Waals surface area contributed by atoms with Crippen molar-refractivity contribution >= 4 is 17.9 Å². The van der Waals surface area contributed by atoms with Crippen LogP contribution in [0.1, 0.15) is 342 Å². The molecule has 1 atom stereocenters. The maximum absolute atomic E-state index is 12.9. The zero-order valence-electron chi connectivity index (χ0n) is 51.2. The summed E-state index contributed by atoms with van der Waals surface area (Å²) in [4.78, 5) is 38.3. The number of allylic oxidation sites excluding steroid dienone is 12. The fourth-order valence-electron chi connectivity index (χ4n) is 9.66. The van der Waals surface area contributed by atoms with Gasteiger partial charge in [0.05, 0.1) is 0 Å². The molecule has 0 aliphatic rings. The fourth-order valence-corrected chi connectivity index (χ4v) is 9.66. The predicted molar refractivity (Wildman–Crippen MR) is 335 cm³/mol. The number of esters is 3. The summed E-state index contributed by atoms with van der Waals surface area (Å²) >= 11 is 0. The standard InChI is InChI=1S/C71H126O6/c1-4-7-10-13-16-19-22-25-27-29-30-31-32-33-34-35-36-37-38-39-40-42-43-46-49-52-55-58-61-64-70(73)76-67-68(66-75-69(72)63-60-57-54-51-48-45-24-21-18-15-12-9-6-3)77-71(74)65-62-59-56-53-50-47-44-41-28-26-23-20-17-14-11-8-5-2/h7,10,16,19,21,24-28,30-31,68H,4-6,8-9,11-15,17-18,20,22-23,29,32-67H2,1-3H3/b10-7-,19-16-,24-21-,27-25-,28-26-,31-30-. The van der Waals surface area contributed by atoms with E-state index in [4.69, 9.17) is 14.2 Å². The van der Waals surface area contributed by atoms with E-state index in [0.29, 0.717) is 19.3 Å². The zero-order valence-corrected chi connectivity index (χ0v) is 51.2. The molecule has 0 spiro atoms. The third-order valence-electron chi connectivity index (χ3n) is 14.7. The van der Waals surface area contributed by atoms with Crippen LogP contribution in [-0.2, 0) is 28.6 Å². The molecule has 0 rings (SSSR count). The van der Waals surface area contributed by atoms with Crippen LogP contribution >= 0.6 is 0 Å². The summed E-state index contributed by atoms with van der Waals surface area (Å²) in [6.07, 6.45) is 84.9. The van der Waals surface area contributed by atoms with E-state index < -0.39 is 6.10 Å². The molecule has 0 amide bonds. The van der Waals surface area contributed by atoms with Crippen molar-refractivity contribution in [3.63, 3.8) is 0 Å². The van der Waals surface area contributed by atoms with E-state index in [1.807, 2.05) is 0 Å². The minimum absolute atomic E-state index is 0.0764. The minimum Gasteiger partial charge on any atom is -0.462 e. The summed E-state index contributed by atoms with van der Waals surface area (Å²) in [6, 6.07) is 0. The average molecular weight is 1080 g/mol. The third-order valence-corrected chi connectivity index (χ3v) is 14.7. The van der Waals surface area contributed by atoms with Gasteiger partial charge in [-0.2, -0.15) is 0 Å². The van der Waals surface area contributed by atoms with E-state index in [1.165, 1.54) is 212 Å². The number of carbonyl (C=O) groups excluding carboxylic acids is 3. The molecule has 6 nitrogen and oxygen atoms in total. The molecule has 1 unspecified atom stereocenters. The Labute approximate surface area is 478 Å². The van der Waals surface area contributed by atoms with Gasteiger partial charge in [-0.3, -0.25) is 14.4 Å². The molecule has 0 aromatic carbocycles. The number of rotatable bonds is 61. The van der Waals surface area contributed by atoms with Gasteiger partial charge in [0.2, 0.25) is 0 Å². The van der Waals surface area contributed by atoms with E-state index in [0.717, 1.165) is 89.9 Å². The van der Waals surface area contributed by atoms with Crippen LogP contribution in [0.2, 0.25) is 0 Å². The number of ether oxygens (including phenoxy) is 3. The molecule has 0 fully saturated rings. The van der Waals surface area contributed by atoms with E-state index in [-0.39, 0.29) is 31.1 Å². The monoisotopic (exact) mass is 1070 g/mol. The largest absolute Gasteiger partial charge is 0.462 e. The summed E-state index contributed by atoms with van der Waals surface area (Å²) in [5.41, 5.74) is 0. The fraction of sp³-hybridized carbons (Fsp3) is 0.789. The van der Waals surface area contributed by atoms with Crippen LogP contribution in [0, 0.1) is 0 Å². The van der Waals surface area contributed by atoms with Gasteiger partial charge in [0.1, 0.15) is 13.2 Å². The summed E-state index contributed by atoms with van der Waals surface area (Å²) in [5.74, 6) is -0.872. The van der Waals surface area contributed by atoms with Crippen molar-refractivity contribution in [2.24, 2.45) is 0 Å². The second-order valence-electron chi connectivity index (χ2n) is 22.3. The number of hydrogen-bond acceptors (Lipinski definition) is 6. The van der Waals surface area contributed by atoms with Gasteiger partial charge in [-0.1, -0.05) is 286 Å². The predicted octanol–water partition coefficient (Wildman–Crippen LogP) is 22.9. The van der Waals surface area contributed by atoms with E-state index in [9.17, 15) is 14.4 Å². The van der Waals surface area contributed by atoms with Gasteiger partial charge in [-0.05, 0) is 109 Å². The van der Waals surface area contributed by atoms with Gasteiger partial charge >= 0.3 is 17.9 Å². The summed E-state index contributed by atoms with van der Waals surface area (Å²) in [5, 5.41) is 0. The van der Waals surface area contributed by atoms with Crippen LogP contribution in [0.3, 0.4) is 0 Å². The molecule has 0 heterocycles. The second kappa shape index (κ2) is 65.4. The average Bonchev–Trinajstić information content (AvgIpc) is 3.43. The lowest BCUT2D eigenvalue weighted by atomic mass is 10.0. The third kappa shape index (κ3) is 63.6. The Kier molecular flexibility index (Phi) is 62.7. The van der Waals surface area contributed by atoms with Crippen molar-refractivity contribution < 1.29 is 28.6 Å². The highest BCUT2D eigenvalue weighted by Crippen LogP contribution is 2.17. The number of hydrogen-bond donors (Lipinski definition) is 0. The molecular weight excluding hydrogens is 949 g/mol. The highest BCUT2D eigenvalue weighted by molar-refractivity contribution is 5.71. The SMILES string of the molecule is CC/C=C\C/C=C\C/C=C\C/C=C\CCCCCCCCCCCCCCCCCCC(=O)OCC(COC(=O)CCCCCCC/C=C\CCCCCC)OC(=O)CCCCCCCCC/C=C\CCCCCCCC. The molecular formula is C71H126O6. The van der Waals surface area contributed by atoms with E-state index >= 15 is 0 Å². The lowest BCUT2D eigenvalue weighted by molar-refractivity contribution is -0.167. The molecule has 0 saturated carbocycles.